The molecule has 2 aliphatic heterocycles. The lowest BCUT2D eigenvalue weighted by Gasteiger charge is -2.42. The summed E-state index contributed by atoms with van der Waals surface area (Å²) in [6.07, 6.45) is 5.47. The second-order valence-corrected chi connectivity index (χ2v) is 7.41. The van der Waals surface area contributed by atoms with Gasteiger partial charge >= 0.3 is 0 Å². The van der Waals surface area contributed by atoms with E-state index >= 15 is 0 Å². The minimum absolute atomic E-state index is 0.0970. The average Bonchev–Trinajstić information content (AvgIpc) is 3.10. The van der Waals surface area contributed by atoms with Gasteiger partial charge in [0, 0.05) is 5.41 Å². The lowest BCUT2D eigenvalue weighted by atomic mass is 9.59. The van der Waals surface area contributed by atoms with Crippen LogP contribution >= 0.6 is 0 Å². The van der Waals surface area contributed by atoms with Crippen LogP contribution in [0.15, 0.2) is 0 Å². The van der Waals surface area contributed by atoms with Crippen molar-refractivity contribution in [2.75, 3.05) is 0 Å². The number of hydrogen-bond acceptors (Lipinski definition) is 2. The zero-order valence-electron chi connectivity index (χ0n) is 11.4. The van der Waals surface area contributed by atoms with Crippen LogP contribution in [0.25, 0.3) is 0 Å². The molecular formula is C15H24O2. The van der Waals surface area contributed by atoms with E-state index in [1.165, 1.54) is 19.3 Å². The average molecular weight is 236 g/mol. The molecule has 2 heterocycles. The first-order valence-electron chi connectivity index (χ1n) is 7.33. The summed E-state index contributed by atoms with van der Waals surface area (Å²) in [6, 6.07) is 0. The fourth-order valence-electron chi connectivity index (χ4n) is 5.29. The molecule has 0 bridgehead atoms. The third-order valence-corrected chi connectivity index (χ3v) is 6.43. The fourth-order valence-corrected chi connectivity index (χ4v) is 5.29. The molecular weight excluding hydrogens is 212 g/mol. The predicted octanol–water partition coefficient (Wildman–Crippen LogP) is 3.00. The van der Waals surface area contributed by atoms with Gasteiger partial charge in [-0.2, -0.15) is 0 Å². The van der Waals surface area contributed by atoms with Gasteiger partial charge in [0.1, 0.15) is 11.7 Å². The molecule has 2 nitrogen and oxygen atoms in total. The maximum Gasteiger partial charge on any atom is 0.121 e. The summed E-state index contributed by atoms with van der Waals surface area (Å²) in [6.45, 7) is 9.48. The quantitative estimate of drug-likeness (QED) is 0.654. The number of fused-ring (bicyclic) bond motifs is 4. The Hall–Kier alpha value is -0.0800. The number of hydrogen-bond donors (Lipinski definition) is 0. The topological polar surface area (TPSA) is 25.1 Å². The molecule has 17 heavy (non-hydrogen) atoms. The molecule has 0 aromatic carbocycles. The zero-order chi connectivity index (χ0) is 12.0. The summed E-state index contributed by atoms with van der Waals surface area (Å²) in [4.78, 5) is 0. The third kappa shape index (κ3) is 1.10. The molecule has 4 fully saturated rings. The lowest BCUT2D eigenvalue weighted by molar-refractivity contribution is 0.0457. The SMILES string of the molecule is CC(C)[C@@H]1CC[C@@H](C)[C@]12C[C@@H]1O[C@]1(C)[C@@H]1O[C@@H]12. The molecule has 7 atom stereocenters. The summed E-state index contributed by atoms with van der Waals surface area (Å²) < 4.78 is 12.1. The van der Waals surface area contributed by atoms with E-state index in [0.29, 0.717) is 23.7 Å². The van der Waals surface area contributed by atoms with Gasteiger partial charge in [0.25, 0.3) is 0 Å². The highest BCUT2D eigenvalue weighted by atomic mass is 16.7. The minimum Gasteiger partial charge on any atom is -0.366 e. The van der Waals surface area contributed by atoms with Crippen LogP contribution in [0.2, 0.25) is 0 Å². The van der Waals surface area contributed by atoms with Crippen molar-refractivity contribution in [1.82, 2.24) is 0 Å². The monoisotopic (exact) mass is 236 g/mol. The zero-order valence-corrected chi connectivity index (χ0v) is 11.4. The van der Waals surface area contributed by atoms with E-state index in [1.807, 2.05) is 0 Å². The maximum absolute atomic E-state index is 6.10. The van der Waals surface area contributed by atoms with Gasteiger partial charge in [0.05, 0.1) is 12.2 Å². The van der Waals surface area contributed by atoms with Gasteiger partial charge in [-0.15, -0.1) is 0 Å². The smallest absolute Gasteiger partial charge is 0.121 e. The van der Waals surface area contributed by atoms with Gasteiger partial charge in [0.2, 0.25) is 0 Å². The Bertz CT molecular complexity index is 366. The fraction of sp³-hybridized carbons (Fsp3) is 1.00. The highest BCUT2D eigenvalue weighted by Gasteiger charge is 2.79. The molecule has 2 saturated carbocycles. The number of rotatable bonds is 1. The molecule has 0 amide bonds. The van der Waals surface area contributed by atoms with Crippen LogP contribution in [-0.2, 0) is 9.47 Å². The van der Waals surface area contributed by atoms with Crippen LogP contribution in [0, 0.1) is 23.2 Å². The van der Waals surface area contributed by atoms with Crippen molar-refractivity contribution < 1.29 is 9.47 Å². The van der Waals surface area contributed by atoms with Crippen LogP contribution in [0.1, 0.15) is 47.0 Å². The van der Waals surface area contributed by atoms with Gasteiger partial charge in [-0.3, -0.25) is 0 Å². The molecule has 4 aliphatic rings. The first-order valence-corrected chi connectivity index (χ1v) is 7.33. The van der Waals surface area contributed by atoms with Gasteiger partial charge < -0.3 is 9.47 Å². The molecule has 2 saturated heterocycles. The summed E-state index contributed by atoms with van der Waals surface area (Å²) in [5, 5.41) is 0. The number of ether oxygens (including phenoxy) is 2. The van der Waals surface area contributed by atoms with Crippen LogP contribution < -0.4 is 0 Å². The second-order valence-electron chi connectivity index (χ2n) is 7.41. The first-order chi connectivity index (χ1) is 8.00. The second kappa shape index (κ2) is 2.91. The van der Waals surface area contributed by atoms with E-state index in [0.717, 1.165) is 17.8 Å². The van der Waals surface area contributed by atoms with Crippen LogP contribution in [0.4, 0.5) is 0 Å². The summed E-state index contributed by atoms with van der Waals surface area (Å²) in [5.74, 6) is 2.45. The Balaban J connectivity index is 1.72. The molecule has 0 unspecified atom stereocenters. The van der Waals surface area contributed by atoms with E-state index < -0.39 is 0 Å². The Morgan fingerprint density at radius 1 is 1.18 bits per heavy atom. The normalized spacial score (nSPS) is 63.7. The van der Waals surface area contributed by atoms with Gasteiger partial charge in [-0.1, -0.05) is 20.8 Å². The largest absolute Gasteiger partial charge is 0.366 e. The Labute approximate surface area is 104 Å². The molecule has 0 radical (unpaired) electrons. The summed E-state index contributed by atoms with van der Waals surface area (Å²) in [5.41, 5.74) is 0.541. The van der Waals surface area contributed by atoms with Gasteiger partial charge in [0.15, 0.2) is 0 Å². The van der Waals surface area contributed by atoms with Crippen molar-refractivity contribution in [3.05, 3.63) is 0 Å². The molecule has 2 heteroatoms. The standard InChI is InChI=1S/C15H24O2/c1-8(2)10-6-5-9(3)15(10)7-11-14(4,17-11)12-13(15)16-12/h8-13H,5-7H2,1-4H3/t9-,10+,11+,12-,13+,14+,15-/m1/s1. The molecule has 0 aromatic heterocycles. The lowest BCUT2D eigenvalue weighted by Crippen LogP contribution is -2.46. The van der Waals surface area contributed by atoms with Crippen LogP contribution in [-0.4, -0.2) is 23.9 Å². The highest BCUT2D eigenvalue weighted by molar-refractivity contribution is 5.26. The number of epoxide rings is 2. The Morgan fingerprint density at radius 3 is 2.65 bits per heavy atom. The third-order valence-electron chi connectivity index (χ3n) is 6.43. The van der Waals surface area contributed by atoms with Crippen molar-refractivity contribution in [2.24, 2.45) is 23.2 Å². The van der Waals surface area contributed by atoms with E-state index in [-0.39, 0.29) is 5.60 Å². The molecule has 0 aromatic rings. The van der Waals surface area contributed by atoms with E-state index in [2.05, 4.69) is 27.7 Å². The van der Waals surface area contributed by atoms with Crippen LogP contribution in [0.5, 0.6) is 0 Å². The Kier molecular flexibility index (Phi) is 1.85. The van der Waals surface area contributed by atoms with Crippen LogP contribution in [0.3, 0.4) is 0 Å². The van der Waals surface area contributed by atoms with Crippen molar-refractivity contribution in [2.45, 2.75) is 70.9 Å². The predicted molar refractivity (Wildman–Crippen MR) is 65.7 cm³/mol. The first kappa shape index (κ1) is 10.8. The minimum atomic E-state index is 0.0970. The molecule has 2 aliphatic carbocycles. The summed E-state index contributed by atoms with van der Waals surface area (Å²) in [7, 11) is 0. The molecule has 4 rings (SSSR count). The van der Waals surface area contributed by atoms with Crippen molar-refractivity contribution in [1.29, 1.82) is 0 Å². The van der Waals surface area contributed by atoms with Crippen molar-refractivity contribution in [3.8, 4) is 0 Å². The molecule has 96 valence electrons. The molecule has 0 N–H and O–H groups in total. The van der Waals surface area contributed by atoms with Gasteiger partial charge in [-0.25, -0.2) is 0 Å². The van der Waals surface area contributed by atoms with E-state index in [1.54, 1.807) is 0 Å². The van der Waals surface area contributed by atoms with Crippen molar-refractivity contribution in [3.63, 3.8) is 0 Å². The van der Waals surface area contributed by atoms with Crippen molar-refractivity contribution >= 4 is 0 Å². The van der Waals surface area contributed by atoms with E-state index in [4.69, 9.17) is 9.47 Å². The highest BCUT2D eigenvalue weighted by Crippen LogP contribution is 2.70. The van der Waals surface area contributed by atoms with Gasteiger partial charge in [-0.05, 0) is 43.9 Å². The Morgan fingerprint density at radius 2 is 1.94 bits per heavy atom. The summed E-state index contributed by atoms with van der Waals surface area (Å²) >= 11 is 0. The molecule has 1 spiro atoms. The van der Waals surface area contributed by atoms with E-state index in [9.17, 15) is 0 Å². The maximum atomic E-state index is 6.10.